The molecule has 0 saturated carbocycles. The number of nitrogens with two attached hydrogens (primary N) is 1. The highest BCUT2D eigenvalue weighted by Crippen LogP contribution is 2.30. The average molecular weight is 292 g/mol. The lowest BCUT2D eigenvalue weighted by molar-refractivity contribution is 0.214. The summed E-state index contributed by atoms with van der Waals surface area (Å²) in [4.78, 5) is 6.92. The maximum absolute atomic E-state index is 6.27. The molecule has 20 heavy (non-hydrogen) atoms. The van der Waals surface area contributed by atoms with Crippen LogP contribution in [0.3, 0.4) is 0 Å². The van der Waals surface area contributed by atoms with Gasteiger partial charge in [-0.2, -0.15) is 0 Å². The highest BCUT2D eigenvalue weighted by Gasteiger charge is 2.20. The molecule has 108 valence electrons. The molecular formula is C16H22ClN3. The molecule has 0 amide bonds. The zero-order chi connectivity index (χ0) is 14.5. The van der Waals surface area contributed by atoms with Gasteiger partial charge in [0.2, 0.25) is 0 Å². The summed E-state index contributed by atoms with van der Waals surface area (Å²) in [5.41, 5.74) is 8.17. The lowest BCUT2D eigenvalue weighted by Gasteiger charge is -2.30. The molecule has 2 aromatic rings. The summed E-state index contributed by atoms with van der Waals surface area (Å²) in [5.74, 6) is 0. The highest BCUT2D eigenvalue weighted by atomic mass is 35.5. The van der Waals surface area contributed by atoms with Gasteiger partial charge < -0.3 is 5.73 Å². The first-order valence-electron chi connectivity index (χ1n) is 7.20. The van der Waals surface area contributed by atoms with E-state index in [9.17, 15) is 0 Å². The largest absolute Gasteiger partial charge is 0.329 e. The first-order chi connectivity index (χ1) is 9.72. The molecule has 4 heteroatoms. The van der Waals surface area contributed by atoms with Crippen LogP contribution in [0.1, 0.15) is 31.9 Å². The van der Waals surface area contributed by atoms with Crippen molar-refractivity contribution in [3.05, 3.63) is 41.0 Å². The van der Waals surface area contributed by atoms with Crippen molar-refractivity contribution in [1.82, 2.24) is 9.88 Å². The van der Waals surface area contributed by atoms with Crippen molar-refractivity contribution in [3.63, 3.8) is 0 Å². The Labute approximate surface area is 125 Å². The maximum atomic E-state index is 6.27. The van der Waals surface area contributed by atoms with Crippen LogP contribution in [-0.4, -0.2) is 29.5 Å². The van der Waals surface area contributed by atoms with E-state index in [0.717, 1.165) is 35.4 Å². The van der Waals surface area contributed by atoms with E-state index in [4.69, 9.17) is 17.3 Å². The van der Waals surface area contributed by atoms with Gasteiger partial charge in [0.05, 0.1) is 5.52 Å². The zero-order valence-corrected chi connectivity index (χ0v) is 12.9. The van der Waals surface area contributed by atoms with E-state index in [0.29, 0.717) is 6.54 Å². The number of hydrogen-bond acceptors (Lipinski definition) is 3. The highest BCUT2D eigenvalue weighted by molar-refractivity contribution is 6.35. The number of likely N-dealkylation sites (N-methyl/N-ethyl adjacent to an activating group) is 1. The Morgan fingerprint density at radius 3 is 2.75 bits per heavy atom. The average Bonchev–Trinajstić information content (AvgIpc) is 2.49. The molecule has 0 bridgehead atoms. The fourth-order valence-electron chi connectivity index (χ4n) is 2.72. The molecule has 0 aliphatic rings. The van der Waals surface area contributed by atoms with E-state index >= 15 is 0 Å². The number of hydrogen-bond donors (Lipinski definition) is 1. The van der Waals surface area contributed by atoms with Crippen molar-refractivity contribution in [2.24, 2.45) is 5.73 Å². The SMILES string of the molecule is CCCN(CC)C(CN)c1ccc(Cl)c2cccnc12. The summed E-state index contributed by atoms with van der Waals surface area (Å²) in [6.45, 7) is 6.96. The van der Waals surface area contributed by atoms with Gasteiger partial charge in [-0.1, -0.05) is 31.5 Å². The first-order valence-corrected chi connectivity index (χ1v) is 7.57. The summed E-state index contributed by atoms with van der Waals surface area (Å²) in [6, 6.07) is 8.13. The fraction of sp³-hybridized carbons (Fsp3) is 0.438. The van der Waals surface area contributed by atoms with Gasteiger partial charge in [-0.05, 0) is 43.3 Å². The quantitative estimate of drug-likeness (QED) is 0.884. The Kier molecular flexibility index (Phi) is 5.35. The molecule has 1 heterocycles. The fourth-order valence-corrected chi connectivity index (χ4v) is 2.94. The molecule has 0 aliphatic heterocycles. The molecule has 2 rings (SSSR count). The number of nitrogens with zero attached hydrogens (tertiary/aromatic N) is 2. The van der Waals surface area contributed by atoms with Crippen molar-refractivity contribution in [3.8, 4) is 0 Å². The van der Waals surface area contributed by atoms with Gasteiger partial charge in [0.15, 0.2) is 0 Å². The summed E-state index contributed by atoms with van der Waals surface area (Å²) < 4.78 is 0. The Morgan fingerprint density at radius 2 is 2.10 bits per heavy atom. The van der Waals surface area contributed by atoms with Crippen molar-refractivity contribution < 1.29 is 0 Å². The minimum atomic E-state index is 0.189. The second-order valence-corrected chi connectivity index (χ2v) is 5.32. The molecular weight excluding hydrogens is 270 g/mol. The molecule has 0 spiro atoms. The molecule has 1 atom stereocenters. The van der Waals surface area contributed by atoms with Crippen LogP contribution >= 0.6 is 11.6 Å². The molecule has 2 N–H and O–H groups in total. The van der Waals surface area contributed by atoms with Gasteiger partial charge in [-0.25, -0.2) is 0 Å². The minimum Gasteiger partial charge on any atom is -0.329 e. The number of pyridine rings is 1. The third-order valence-electron chi connectivity index (χ3n) is 3.69. The van der Waals surface area contributed by atoms with Crippen LogP contribution in [0.4, 0.5) is 0 Å². The summed E-state index contributed by atoms with van der Waals surface area (Å²) in [5, 5.41) is 1.74. The topological polar surface area (TPSA) is 42.1 Å². The molecule has 0 radical (unpaired) electrons. The van der Waals surface area contributed by atoms with Crippen LogP contribution in [0, 0.1) is 0 Å². The van der Waals surface area contributed by atoms with E-state index in [1.165, 1.54) is 5.56 Å². The van der Waals surface area contributed by atoms with Crippen LogP contribution in [0.5, 0.6) is 0 Å². The van der Waals surface area contributed by atoms with Gasteiger partial charge >= 0.3 is 0 Å². The summed E-state index contributed by atoms with van der Waals surface area (Å²) in [6.07, 6.45) is 2.93. The van der Waals surface area contributed by atoms with Crippen LogP contribution in [0.25, 0.3) is 10.9 Å². The molecule has 1 aromatic carbocycles. The summed E-state index contributed by atoms with van der Waals surface area (Å²) >= 11 is 6.27. The number of aromatic nitrogens is 1. The minimum absolute atomic E-state index is 0.189. The Bertz CT molecular complexity index is 571. The van der Waals surface area contributed by atoms with Crippen molar-refractivity contribution in [1.29, 1.82) is 0 Å². The zero-order valence-electron chi connectivity index (χ0n) is 12.1. The third kappa shape index (κ3) is 2.95. The lowest BCUT2D eigenvalue weighted by Crippen LogP contribution is -2.34. The molecule has 0 aliphatic carbocycles. The standard InChI is InChI=1S/C16H22ClN3/c1-3-10-20(4-2)15(11-18)13-7-8-14(17)12-6-5-9-19-16(12)13/h5-9,15H,3-4,10-11,18H2,1-2H3. The van der Waals surface area contributed by atoms with E-state index in [-0.39, 0.29) is 6.04 Å². The lowest BCUT2D eigenvalue weighted by atomic mass is 10.0. The number of fused-ring (bicyclic) bond motifs is 1. The summed E-state index contributed by atoms with van der Waals surface area (Å²) in [7, 11) is 0. The van der Waals surface area contributed by atoms with Gasteiger partial charge in [0.25, 0.3) is 0 Å². The normalized spacial score (nSPS) is 13.1. The van der Waals surface area contributed by atoms with Crippen LogP contribution < -0.4 is 5.73 Å². The van der Waals surface area contributed by atoms with Crippen molar-refractivity contribution in [2.45, 2.75) is 26.3 Å². The Morgan fingerprint density at radius 1 is 1.30 bits per heavy atom. The number of halogens is 1. The molecule has 0 fully saturated rings. The number of rotatable bonds is 6. The molecule has 1 unspecified atom stereocenters. The first kappa shape index (κ1) is 15.2. The van der Waals surface area contributed by atoms with Crippen LogP contribution in [0.15, 0.2) is 30.5 Å². The monoisotopic (exact) mass is 291 g/mol. The smallest absolute Gasteiger partial charge is 0.0765 e. The van der Waals surface area contributed by atoms with Crippen molar-refractivity contribution >= 4 is 22.5 Å². The molecule has 0 saturated heterocycles. The van der Waals surface area contributed by atoms with E-state index < -0.39 is 0 Å². The van der Waals surface area contributed by atoms with E-state index in [2.05, 4.69) is 29.8 Å². The van der Waals surface area contributed by atoms with Gasteiger partial charge in [0.1, 0.15) is 0 Å². The molecule has 1 aromatic heterocycles. The predicted molar refractivity (Wildman–Crippen MR) is 86.1 cm³/mol. The van der Waals surface area contributed by atoms with Crippen LogP contribution in [-0.2, 0) is 0 Å². The second kappa shape index (κ2) is 7.02. The van der Waals surface area contributed by atoms with Crippen molar-refractivity contribution in [2.75, 3.05) is 19.6 Å². The van der Waals surface area contributed by atoms with E-state index in [1.807, 2.05) is 24.4 Å². The van der Waals surface area contributed by atoms with Crippen LogP contribution in [0.2, 0.25) is 5.02 Å². The number of benzene rings is 1. The van der Waals surface area contributed by atoms with Gasteiger partial charge in [-0.3, -0.25) is 9.88 Å². The second-order valence-electron chi connectivity index (χ2n) is 4.92. The third-order valence-corrected chi connectivity index (χ3v) is 4.02. The molecule has 3 nitrogen and oxygen atoms in total. The maximum Gasteiger partial charge on any atom is 0.0765 e. The predicted octanol–water partition coefficient (Wildman–Crippen LogP) is 3.62. The van der Waals surface area contributed by atoms with Gasteiger partial charge in [-0.15, -0.1) is 0 Å². The van der Waals surface area contributed by atoms with E-state index in [1.54, 1.807) is 0 Å². The Balaban J connectivity index is 2.52. The van der Waals surface area contributed by atoms with Gasteiger partial charge in [0, 0.05) is 29.2 Å². The Hall–Kier alpha value is -1.16.